The number of rotatable bonds is 4. The quantitative estimate of drug-likeness (QED) is 0.811. The van der Waals surface area contributed by atoms with E-state index in [1.54, 1.807) is 6.33 Å². The van der Waals surface area contributed by atoms with Crippen LogP contribution in [0.15, 0.2) is 6.33 Å². The van der Waals surface area contributed by atoms with E-state index >= 15 is 0 Å². The molecule has 1 aromatic rings. The van der Waals surface area contributed by atoms with Crippen LogP contribution in [0.25, 0.3) is 0 Å². The molecule has 0 atom stereocenters. The largest absolute Gasteiger partial charge is 0.383 e. The van der Waals surface area contributed by atoms with Crippen LogP contribution in [0.5, 0.6) is 0 Å². The van der Waals surface area contributed by atoms with Crippen LogP contribution in [0.1, 0.15) is 31.2 Å². The van der Waals surface area contributed by atoms with Gasteiger partial charge < -0.3 is 11.1 Å². The molecule has 0 radical (unpaired) electrons. The van der Waals surface area contributed by atoms with E-state index < -0.39 is 0 Å². The Kier molecular flexibility index (Phi) is 2.23. The van der Waals surface area contributed by atoms with E-state index in [-0.39, 0.29) is 0 Å². The van der Waals surface area contributed by atoms with E-state index in [9.17, 15) is 0 Å². The third-order valence-corrected chi connectivity index (χ3v) is 3.69. The van der Waals surface area contributed by atoms with Gasteiger partial charge in [-0.3, -0.25) is 0 Å². The second kappa shape index (κ2) is 3.61. The minimum atomic E-state index is 0.586. The van der Waals surface area contributed by atoms with Gasteiger partial charge in [-0.15, -0.1) is 0 Å². The van der Waals surface area contributed by atoms with Crippen LogP contribution in [0.4, 0.5) is 11.6 Å². The molecule has 1 aromatic heterocycles. The van der Waals surface area contributed by atoms with Gasteiger partial charge in [0.1, 0.15) is 18.0 Å². The number of nitrogens with one attached hydrogen (secondary N) is 1. The molecule has 86 valence electrons. The topological polar surface area (TPSA) is 63.8 Å². The SMILES string of the molecule is Cc1c(N)ncnc1NC(C1CC1)C1CC1. The van der Waals surface area contributed by atoms with Crippen LogP contribution in [-0.2, 0) is 0 Å². The summed E-state index contributed by atoms with van der Waals surface area (Å²) < 4.78 is 0. The first-order valence-electron chi connectivity index (χ1n) is 6.09. The predicted molar refractivity (Wildman–Crippen MR) is 64.0 cm³/mol. The molecule has 2 fully saturated rings. The van der Waals surface area contributed by atoms with Gasteiger partial charge in [-0.25, -0.2) is 9.97 Å². The fourth-order valence-corrected chi connectivity index (χ4v) is 2.30. The minimum absolute atomic E-state index is 0.586. The Hall–Kier alpha value is -1.32. The van der Waals surface area contributed by atoms with Crippen molar-refractivity contribution in [3.05, 3.63) is 11.9 Å². The maximum absolute atomic E-state index is 5.79. The molecule has 3 N–H and O–H groups in total. The Labute approximate surface area is 95.7 Å². The van der Waals surface area contributed by atoms with Gasteiger partial charge >= 0.3 is 0 Å². The van der Waals surface area contributed by atoms with Crippen LogP contribution in [0.3, 0.4) is 0 Å². The molecular weight excluding hydrogens is 200 g/mol. The van der Waals surface area contributed by atoms with Gasteiger partial charge in [-0.2, -0.15) is 0 Å². The van der Waals surface area contributed by atoms with Gasteiger partial charge in [0.05, 0.1) is 0 Å². The average molecular weight is 218 g/mol. The molecule has 4 heteroatoms. The van der Waals surface area contributed by atoms with Crippen molar-refractivity contribution in [2.45, 2.75) is 38.6 Å². The lowest BCUT2D eigenvalue weighted by molar-refractivity contribution is 0.565. The molecule has 2 aliphatic carbocycles. The standard InChI is InChI=1S/C12H18N4/c1-7-11(13)14-6-15-12(7)16-10(8-2-3-8)9-4-5-9/h6,8-10H,2-5H2,1H3,(H3,13,14,15,16). The van der Waals surface area contributed by atoms with E-state index in [0.717, 1.165) is 23.2 Å². The fraction of sp³-hybridized carbons (Fsp3) is 0.667. The van der Waals surface area contributed by atoms with E-state index in [1.807, 2.05) is 6.92 Å². The molecule has 1 heterocycles. The molecule has 0 spiro atoms. The highest BCUT2D eigenvalue weighted by atomic mass is 15.1. The Morgan fingerprint density at radius 1 is 1.25 bits per heavy atom. The summed E-state index contributed by atoms with van der Waals surface area (Å²) in [5.41, 5.74) is 6.77. The lowest BCUT2D eigenvalue weighted by atomic mass is 10.1. The Morgan fingerprint density at radius 2 is 1.88 bits per heavy atom. The number of aromatic nitrogens is 2. The predicted octanol–water partition coefficient (Wildman–Crippen LogP) is 1.97. The summed E-state index contributed by atoms with van der Waals surface area (Å²) in [7, 11) is 0. The summed E-state index contributed by atoms with van der Waals surface area (Å²) in [6, 6.07) is 0.619. The lowest BCUT2D eigenvalue weighted by Gasteiger charge is -2.19. The Morgan fingerprint density at radius 3 is 2.44 bits per heavy atom. The highest BCUT2D eigenvalue weighted by molar-refractivity contribution is 5.54. The highest BCUT2D eigenvalue weighted by Gasteiger charge is 2.41. The number of hydrogen-bond donors (Lipinski definition) is 2. The lowest BCUT2D eigenvalue weighted by Crippen LogP contribution is -2.25. The molecule has 2 saturated carbocycles. The van der Waals surface area contributed by atoms with Crippen molar-refractivity contribution in [3.8, 4) is 0 Å². The fourth-order valence-electron chi connectivity index (χ4n) is 2.30. The van der Waals surface area contributed by atoms with Crippen molar-refractivity contribution in [1.82, 2.24) is 9.97 Å². The average Bonchev–Trinajstić information content (AvgIpc) is 3.15. The molecule has 0 aliphatic heterocycles. The molecule has 2 aliphatic rings. The van der Waals surface area contributed by atoms with E-state index in [4.69, 9.17) is 5.73 Å². The molecule has 0 bridgehead atoms. The van der Waals surface area contributed by atoms with Gasteiger partial charge in [-0.05, 0) is 44.4 Å². The maximum atomic E-state index is 5.79. The molecule has 4 nitrogen and oxygen atoms in total. The monoisotopic (exact) mass is 218 g/mol. The van der Waals surface area contributed by atoms with Gasteiger partial charge in [-0.1, -0.05) is 0 Å². The molecule has 3 rings (SSSR count). The number of nitrogens with zero attached hydrogens (tertiary/aromatic N) is 2. The molecule has 16 heavy (non-hydrogen) atoms. The maximum Gasteiger partial charge on any atom is 0.134 e. The van der Waals surface area contributed by atoms with Crippen molar-refractivity contribution in [2.75, 3.05) is 11.1 Å². The highest BCUT2D eigenvalue weighted by Crippen LogP contribution is 2.45. The van der Waals surface area contributed by atoms with Gasteiger partial charge in [0.25, 0.3) is 0 Å². The zero-order valence-electron chi connectivity index (χ0n) is 9.61. The van der Waals surface area contributed by atoms with E-state index in [1.165, 1.54) is 25.7 Å². The zero-order valence-corrected chi connectivity index (χ0v) is 9.61. The molecular formula is C12H18N4. The minimum Gasteiger partial charge on any atom is -0.383 e. The summed E-state index contributed by atoms with van der Waals surface area (Å²) in [5, 5.41) is 3.58. The Balaban J connectivity index is 1.78. The second-order valence-corrected chi connectivity index (χ2v) is 5.08. The zero-order chi connectivity index (χ0) is 11.1. The number of anilines is 2. The van der Waals surface area contributed by atoms with Crippen LogP contribution < -0.4 is 11.1 Å². The van der Waals surface area contributed by atoms with Crippen molar-refractivity contribution in [2.24, 2.45) is 11.8 Å². The van der Waals surface area contributed by atoms with Gasteiger partial charge in [0.15, 0.2) is 0 Å². The smallest absolute Gasteiger partial charge is 0.134 e. The molecule has 0 unspecified atom stereocenters. The number of nitrogens with two attached hydrogens (primary N) is 1. The Bertz CT molecular complexity index is 384. The third-order valence-electron chi connectivity index (χ3n) is 3.69. The first-order chi connectivity index (χ1) is 7.75. The van der Waals surface area contributed by atoms with E-state index in [0.29, 0.717) is 11.9 Å². The van der Waals surface area contributed by atoms with Crippen LogP contribution in [0, 0.1) is 18.8 Å². The summed E-state index contributed by atoms with van der Waals surface area (Å²) in [4.78, 5) is 8.29. The third kappa shape index (κ3) is 1.84. The molecule has 0 aromatic carbocycles. The van der Waals surface area contributed by atoms with Gasteiger partial charge in [0.2, 0.25) is 0 Å². The van der Waals surface area contributed by atoms with Crippen LogP contribution >= 0.6 is 0 Å². The number of hydrogen-bond acceptors (Lipinski definition) is 4. The summed E-state index contributed by atoms with van der Waals surface area (Å²) in [6.45, 7) is 1.98. The van der Waals surface area contributed by atoms with Crippen molar-refractivity contribution < 1.29 is 0 Å². The first-order valence-corrected chi connectivity index (χ1v) is 6.09. The van der Waals surface area contributed by atoms with Crippen molar-refractivity contribution in [3.63, 3.8) is 0 Å². The van der Waals surface area contributed by atoms with Gasteiger partial charge in [0, 0.05) is 11.6 Å². The van der Waals surface area contributed by atoms with Crippen molar-refractivity contribution >= 4 is 11.6 Å². The van der Waals surface area contributed by atoms with Crippen LogP contribution in [-0.4, -0.2) is 16.0 Å². The molecule has 0 amide bonds. The first kappa shape index (κ1) is 9.87. The summed E-state index contributed by atoms with van der Waals surface area (Å²) in [6.07, 6.45) is 7.02. The summed E-state index contributed by atoms with van der Waals surface area (Å²) in [5.74, 6) is 3.24. The second-order valence-electron chi connectivity index (χ2n) is 5.08. The van der Waals surface area contributed by atoms with Crippen molar-refractivity contribution in [1.29, 1.82) is 0 Å². The number of nitrogen functional groups attached to an aromatic ring is 1. The molecule has 0 saturated heterocycles. The normalized spacial score (nSPS) is 20.1. The van der Waals surface area contributed by atoms with E-state index in [2.05, 4.69) is 15.3 Å². The van der Waals surface area contributed by atoms with Crippen LogP contribution in [0.2, 0.25) is 0 Å². The summed E-state index contributed by atoms with van der Waals surface area (Å²) >= 11 is 0.